The van der Waals surface area contributed by atoms with Crippen molar-refractivity contribution in [2.24, 2.45) is 0 Å². The fraction of sp³-hybridized carbons (Fsp3) is 0.400. The topological polar surface area (TPSA) is 88.2 Å². The molecule has 0 atom stereocenters. The number of rotatable bonds is 18. The predicted molar refractivity (Wildman–Crippen MR) is 209 cm³/mol. The molecule has 50 heavy (non-hydrogen) atoms. The molecule has 6 nitrogen and oxygen atoms in total. The van der Waals surface area contributed by atoms with E-state index in [1.807, 2.05) is 58.3 Å². The molecular formula is C40H42N4O2S4. The van der Waals surface area contributed by atoms with Crippen LogP contribution in [-0.4, -0.2) is 34.7 Å². The number of carbonyl (C=O) groups excluding carboxylic acids is 2. The lowest BCUT2D eigenvalue weighted by atomic mass is 10.1. The van der Waals surface area contributed by atoms with Crippen LogP contribution in [0.2, 0.25) is 0 Å². The van der Waals surface area contributed by atoms with Crippen molar-refractivity contribution >= 4 is 68.6 Å². The summed E-state index contributed by atoms with van der Waals surface area (Å²) in [5.74, 6) is -0.180. The molecule has 0 saturated heterocycles. The van der Waals surface area contributed by atoms with E-state index >= 15 is 0 Å². The molecule has 0 unspecified atom stereocenters. The molecule has 6 heterocycles. The minimum Gasteiger partial charge on any atom is -0.306 e. The molecule has 6 rings (SSSR count). The summed E-state index contributed by atoms with van der Waals surface area (Å²) >= 11 is 6.07. The molecule has 4 aromatic rings. The van der Waals surface area contributed by atoms with Gasteiger partial charge in [0.05, 0.1) is 32.3 Å². The third kappa shape index (κ3) is 7.60. The van der Waals surface area contributed by atoms with Gasteiger partial charge in [0.2, 0.25) is 0 Å². The Balaban J connectivity index is 1.41. The predicted octanol–water partition coefficient (Wildman–Crippen LogP) is 11.5. The lowest BCUT2D eigenvalue weighted by molar-refractivity contribution is -0.124. The van der Waals surface area contributed by atoms with Crippen molar-refractivity contribution in [2.45, 2.75) is 90.9 Å². The van der Waals surface area contributed by atoms with Crippen LogP contribution in [0.1, 0.15) is 110 Å². The zero-order valence-corrected chi connectivity index (χ0v) is 32.0. The summed E-state index contributed by atoms with van der Waals surface area (Å²) < 4.78 is 0. The van der Waals surface area contributed by atoms with Gasteiger partial charge in [0.1, 0.15) is 21.9 Å². The van der Waals surface area contributed by atoms with Crippen molar-refractivity contribution in [1.29, 1.82) is 10.5 Å². The third-order valence-electron chi connectivity index (χ3n) is 9.25. The van der Waals surface area contributed by atoms with E-state index in [0.29, 0.717) is 34.0 Å². The summed E-state index contributed by atoms with van der Waals surface area (Å²) in [5.41, 5.74) is 2.51. The van der Waals surface area contributed by atoms with E-state index in [4.69, 9.17) is 0 Å². The second kappa shape index (κ2) is 16.9. The number of amides is 2. The molecular weight excluding hydrogens is 697 g/mol. The van der Waals surface area contributed by atoms with Crippen LogP contribution in [0.3, 0.4) is 0 Å². The number of hydrogen-bond acceptors (Lipinski definition) is 8. The summed E-state index contributed by atoms with van der Waals surface area (Å²) in [6, 6.07) is 20.3. The van der Waals surface area contributed by atoms with E-state index in [1.54, 1.807) is 22.7 Å². The first-order valence-electron chi connectivity index (χ1n) is 17.8. The van der Waals surface area contributed by atoms with Gasteiger partial charge in [-0.05, 0) is 61.4 Å². The molecule has 258 valence electrons. The van der Waals surface area contributed by atoms with Gasteiger partial charge >= 0.3 is 0 Å². The number of carbonyl (C=O) groups is 2. The molecule has 0 bridgehead atoms. The van der Waals surface area contributed by atoms with Gasteiger partial charge in [0.25, 0.3) is 11.8 Å². The first-order valence-corrected chi connectivity index (χ1v) is 21.1. The molecule has 0 saturated carbocycles. The number of thiophene rings is 4. The van der Waals surface area contributed by atoms with Crippen LogP contribution in [0.25, 0.3) is 30.9 Å². The lowest BCUT2D eigenvalue weighted by Gasteiger charge is -2.24. The summed E-state index contributed by atoms with van der Waals surface area (Å²) in [6.45, 7) is 5.56. The van der Waals surface area contributed by atoms with Gasteiger partial charge in [-0.25, -0.2) is 0 Å². The van der Waals surface area contributed by atoms with Crippen LogP contribution < -0.4 is 0 Å². The molecule has 0 radical (unpaired) electrons. The van der Waals surface area contributed by atoms with Gasteiger partial charge in [-0.15, -0.1) is 45.3 Å². The molecule has 0 fully saturated rings. The van der Waals surface area contributed by atoms with E-state index < -0.39 is 0 Å². The summed E-state index contributed by atoms with van der Waals surface area (Å²) in [4.78, 5) is 40.3. The maximum Gasteiger partial charge on any atom is 0.261 e. The van der Waals surface area contributed by atoms with Crippen molar-refractivity contribution in [3.63, 3.8) is 0 Å². The highest BCUT2D eigenvalue weighted by atomic mass is 32.1. The standard InChI is InChI=1S/C40H42N4O2S4/c1-3-5-7-9-11-13-23-43-37(33-21-19-31(49-33)29-17-15-27(25-41)47-29)35-36(39(43)45)38(44(40(35)46)24-14-12-10-8-6-4-2)34-22-20-32(50-34)30-18-16-28(26-42)48-30/h15-22H,3-14,23-24H2,1-2H3. The Morgan fingerprint density at radius 3 is 1.20 bits per heavy atom. The van der Waals surface area contributed by atoms with E-state index in [1.165, 1.54) is 61.2 Å². The average Bonchev–Trinajstić information content (AvgIpc) is 3.98. The maximum atomic E-state index is 14.7. The van der Waals surface area contributed by atoms with Crippen molar-refractivity contribution in [3.05, 3.63) is 79.2 Å². The fourth-order valence-electron chi connectivity index (χ4n) is 6.69. The van der Waals surface area contributed by atoms with Gasteiger partial charge in [0, 0.05) is 32.6 Å². The van der Waals surface area contributed by atoms with E-state index in [0.717, 1.165) is 79.2 Å². The molecule has 0 spiro atoms. The van der Waals surface area contributed by atoms with Crippen LogP contribution in [0.5, 0.6) is 0 Å². The average molecular weight is 739 g/mol. The molecule has 0 aromatic carbocycles. The SMILES string of the molecule is CCCCCCCCN1C(=O)C2=C(c3ccc(-c4ccc(C#N)s4)s3)N(CCCCCCCC)C(=O)C2=C1c1ccc(-c2ccc(C#N)s2)s1. The van der Waals surface area contributed by atoms with Crippen LogP contribution >= 0.6 is 45.3 Å². The summed E-state index contributed by atoms with van der Waals surface area (Å²) in [7, 11) is 0. The van der Waals surface area contributed by atoms with E-state index in [9.17, 15) is 20.1 Å². The van der Waals surface area contributed by atoms with Crippen molar-refractivity contribution < 1.29 is 9.59 Å². The minimum atomic E-state index is -0.0898. The zero-order valence-electron chi connectivity index (χ0n) is 28.8. The Bertz CT molecular complexity index is 1850. The molecule has 0 N–H and O–H groups in total. The lowest BCUT2D eigenvalue weighted by Crippen LogP contribution is -2.30. The van der Waals surface area contributed by atoms with Crippen molar-refractivity contribution in [1.82, 2.24) is 9.80 Å². The smallest absolute Gasteiger partial charge is 0.261 e. The van der Waals surface area contributed by atoms with Gasteiger partial charge < -0.3 is 9.80 Å². The Hall–Kier alpha value is -3.80. The van der Waals surface area contributed by atoms with Gasteiger partial charge in [0.15, 0.2) is 0 Å². The number of hydrogen-bond donors (Lipinski definition) is 0. The maximum absolute atomic E-state index is 14.7. The Morgan fingerprint density at radius 2 is 0.820 bits per heavy atom. The molecule has 2 aliphatic rings. The van der Waals surface area contributed by atoms with E-state index in [-0.39, 0.29) is 11.8 Å². The van der Waals surface area contributed by atoms with Crippen molar-refractivity contribution in [2.75, 3.05) is 13.1 Å². The molecule has 10 heteroatoms. The number of nitriles is 2. The van der Waals surface area contributed by atoms with Gasteiger partial charge in [-0.3, -0.25) is 9.59 Å². The second-order valence-electron chi connectivity index (χ2n) is 12.8. The second-order valence-corrected chi connectivity index (χ2v) is 17.1. The van der Waals surface area contributed by atoms with Gasteiger partial charge in [-0.1, -0.05) is 78.1 Å². The monoisotopic (exact) mass is 738 g/mol. The highest BCUT2D eigenvalue weighted by molar-refractivity contribution is 7.23. The van der Waals surface area contributed by atoms with Gasteiger partial charge in [-0.2, -0.15) is 10.5 Å². The quantitative estimate of drug-likeness (QED) is 0.0951. The zero-order chi connectivity index (χ0) is 35.0. The largest absolute Gasteiger partial charge is 0.306 e. The number of nitrogens with zero attached hydrogens (tertiary/aromatic N) is 4. The highest BCUT2D eigenvalue weighted by Crippen LogP contribution is 2.50. The van der Waals surface area contributed by atoms with Crippen LogP contribution in [-0.2, 0) is 9.59 Å². The Morgan fingerprint density at radius 1 is 0.480 bits per heavy atom. The minimum absolute atomic E-state index is 0.0898. The molecule has 2 amide bonds. The Labute approximate surface area is 311 Å². The first kappa shape index (κ1) is 36.0. The number of fused-ring (bicyclic) bond motifs is 1. The Kier molecular flexibility index (Phi) is 12.2. The summed E-state index contributed by atoms with van der Waals surface area (Å²) in [6.07, 6.45) is 13.3. The molecule has 2 aliphatic heterocycles. The first-order chi connectivity index (χ1) is 24.5. The normalized spacial score (nSPS) is 14.3. The molecule has 0 aliphatic carbocycles. The summed E-state index contributed by atoms with van der Waals surface area (Å²) in [5, 5.41) is 18.8. The highest BCUT2D eigenvalue weighted by Gasteiger charge is 2.49. The third-order valence-corrected chi connectivity index (χ3v) is 13.8. The fourth-order valence-corrected chi connectivity index (χ4v) is 10.6. The van der Waals surface area contributed by atoms with Crippen LogP contribution in [0, 0.1) is 22.7 Å². The van der Waals surface area contributed by atoms with Crippen LogP contribution in [0.15, 0.2) is 59.7 Å². The van der Waals surface area contributed by atoms with Crippen LogP contribution in [0.4, 0.5) is 0 Å². The van der Waals surface area contributed by atoms with E-state index in [2.05, 4.69) is 26.0 Å². The molecule has 4 aromatic heterocycles. The van der Waals surface area contributed by atoms with Crippen molar-refractivity contribution in [3.8, 4) is 31.6 Å². The number of unbranched alkanes of at least 4 members (excludes halogenated alkanes) is 10.